The number of aliphatic hydroxyl groups is 1. The minimum absolute atomic E-state index is 0.0582. The molecule has 0 unspecified atom stereocenters. The van der Waals surface area contributed by atoms with Gasteiger partial charge in [-0.05, 0) is 24.3 Å². The highest BCUT2D eigenvalue weighted by atomic mass is 16.4. The lowest BCUT2D eigenvalue weighted by molar-refractivity contribution is -0.139. The molecule has 0 fully saturated rings. The molecule has 0 aliphatic carbocycles. The van der Waals surface area contributed by atoms with Gasteiger partial charge in [0, 0.05) is 18.6 Å². The normalized spacial score (nSPS) is 11.3. The zero-order valence-electron chi connectivity index (χ0n) is 9.46. The van der Waals surface area contributed by atoms with Crippen LogP contribution in [0.1, 0.15) is 22.3 Å². The zero-order valence-corrected chi connectivity index (χ0v) is 9.46. The number of rotatable bonds is 5. The molecule has 0 heterocycles. The number of amides is 1. The first kappa shape index (κ1) is 13.7. The Morgan fingerprint density at radius 2 is 1.94 bits per heavy atom. The fraction of sp³-hybridized carbons (Fsp3) is 0.250. The number of carbonyl (C=O) groups is 2. The van der Waals surface area contributed by atoms with Gasteiger partial charge >= 0.3 is 5.97 Å². The monoisotopic (exact) mass is 248 g/mol. The predicted molar refractivity (Wildman–Crippen MR) is 61.7 cm³/mol. The fourth-order valence-electron chi connectivity index (χ4n) is 1.32. The summed E-state index contributed by atoms with van der Waals surface area (Å²) in [7, 11) is 0. The lowest BCUT2D eigenvalue weighted by Crippen LogP contribution is -2.41. The van der Waals surface area contributed by atoms with Crippen molar-refractivity contribution in [2.24, 2.45) is 0 Å². The summed E-state index contributed by atoms with van der Waals surface area (Å²) < 4.78 is 0. The minimum Gasteiger partial charge on any atom is -0.480 e. The van der Waals surface area contributed by atoms with E-state index in [-0.39, 0.29) is 18.6 Å². The molecule has 1 aromatic carbocycles. The molecule has 0 radical (unpaired) electrons. The minimum atomic E-state index is -1.20. The predicted octanol–water partition coefficient (Wildman–Crippen LogP) is 0.124. The maximum atomic E-state index is 11.7. The summed E-state index contributed by atoms with van der Waals surface area (Å²) in [6.45, 7) is -0.329. The summed E-state index contributed by atoms with van der Waals surface area (Å²) in [6.07, 6.45) is -0.0582. The summed E-state index contributed by atoms with van der Waals surface area (Å²) in [5.74, 6) is -1.76. The molecule has 0 aromatic heterocycles. The molecule has 1 rings (SSSR count). The van der Waals surface area contributed by atoms with Crippen LogP contribution < -0.4 is 5.32 Å². The molecule has 1 amide bonds. The van der Waals surface area contributed by atoms with Gasteiger partial charge in [0.2, 0.25) is 0 Å². The van der Waals surface area contributed by atoms with Crippen molar-refractivity contribution in [3.63, 3.8) is 0 Å². The third-order valence-corrected chi connectivity index (χ3v) is 2.30. The van der Waals surface area contributed by atoms with Crippen LogP contribution in [0, 0.1) is 11.3 Å². The van der Waals surface area contributed by atoms with Gasteiger partial charge in [-0.25, -0.2) is 4.79 Å². The van der Waals surface area contributed by atoms with Crippen LogP contribution in [0.15, 0.2) is 24.3 Å². The first-order valence-corrected chi connectivity index (χ1v) is 5.23. The quantitative estimate of drug-likeness (QED) is 0.685. The molecule has 94 valence electrons. The van der Waals surface area contributed by atoms with Gasteiger partial charge in [0.25, 0.3) is 5.91 Å². The largest absolute Gasteiger partial charge is 0.480 e. The molecule has 1 atom stereocenters. The molecule has 0 saturated carbocycles. The number of carbonyl (C=O) groups excluding carboxylic acids is 1. The van der Waals surface area contributed by atoms with Crippen LogP contribution in [-0.4, -0.2) is 34.7 Å². The number of hydrogen-bond acceptors (Lipinski definition) is 4. The number of aliphatic hydroxyl groups excluding tert-OH is 1. The van der Waals surface area contributed by atoms with Crippen LogP contribution >= 0.6 is 0 Å². The van der Waals surface area contributed by atoms with Gasteiger partial charge in [-0.15, -0.1) is 0 Å². The highest BCUT2D eigenvalue weighted by molar-refractivity contribution is 5.96. The van der Waals surface area contributed by atoms with E-state index < -0.39 is 17.9 Å². The average Bonchev–Trinajstić information content (AvgIpc) is 2.38. The van der Waals surface area contributed by atoms with E-state index in [1.165, 1.54) is 24.3 Å². The van der Waals surface area contributed by atoms with E-state index in [1.807, 2.05) is 6.07 Å². The van der Waals surface area contributed by atoms with Crippen LogP contribution in [-0.2, 0) is 4.79 Å². The molecule has 3 N–H and O–H groups in total. The van der Waals surface area contributed by atoms with Gasteiger partial charge in [0.05, 0.1) is 11.6 Å². The highest BCUT2D eigenvalue weighted by Gasteiger charge is 2.19. The van der Waals surface area contributed by atoms with Crippen molar-refractivity contribution in [3.8, 4) is 6.07 Å². The number of nitrogens with zero attached hydrogens (tertiary/aromatic N) is 1. The molecule has 18 heavy (non-hydrogen) atoms. The van der Waals surface area contributed by atoms with Crippen molar-refractivity contribution in [3.05, 3.63) is 35.4 Å². The molecule has 0 spiro atoms. The Hall–Kier alpha value is -2.39. The summed E-state index contributed by atoms with van der Waals surface area (Å²) in [4.78, 5) is 22.5. The number of nitriles is 1. The van der Waals surface area contributed by atoms with E-state index in [0.717, 1.165) is 0 Å². The zero-order chi connectivity index (χ0) is 13.5. The third-order valence-electron chi connectivity index (χ3n) is 2.30. The highest BCUT2D eigenvalue weighted by Crippen LogP contribution is 2.04. The SMILES string of the molecule is N#Cc1ccc(C(=O)N[C@@H](CCO)C(=O)O)cc1. The first-order valence-electron chi connectivity index (χ1n) is 5.23. The number of carboxylic acids is 1. The lowest BCUT2D eigenvalue weighted by atomic mass is 10.1. The maximum Gasteiger partial charge on any atom is 0.326 e. The second-order valence-electron chi connectivity index (χ2n) is 3.57. The molecule has 0 saturated heterocycles. The van der Waals surface area contributed by atoms with Crippen LogP contribution in [0.5, 0.6) is 0 Å². The van der Waals surface area contributed by atoms with Crippen molar-refractivity contribution in [2.75, 3.05) is 6.61 Å². The van der Waals surface area contributed by atoms with Crippen LogP contribution in [0.2, 0.25) is 0 Å². The van der Waals surface area contributed by atoms with Gasteiger partial charge in [0.1, 0.15) is 6.04 Å². The molecule has 6 nitrogen and oxygen atoms in total. The van der Waals surface area contributed by atoms with E-state index in [0.29, 0.717) is 5.56 Å². The van der Waals surface area contributed by atoms with Crippen molar-refractivity contribution in [1.82, 2.24) is 5.32 Å². The lowest BCUT2D eigenvalue weighted by Gasteiger charge is -2.13. The average molecular weight is 248 g/mol. The van der Waals surface area contributed by atoms with Crippen molar-refractivity contribution < 1.29 is 19.8 Å². The number of benzene rings is 1. The fourth-order valence-corrected chi connectivity index (χ4v) is 1.32. The van der Waals surface area contributed by atoms with Gasteiger partial charge in [-0.3, -0.25) is 4.79 Å². The summed E-state index contributed by atoms with van der Waals surface area (Å²) in [6, 6.07) is 6.60. The second-order valence-corrected chi connectivity index (χ2v) is 3.57. The van der Waals surface area contributed by atoms with Gasteiger partial charge in [-0.1, -0.05) is 0 Å². The second kappa shape index (κ2) is 6.37. The Kier molecular flexibility index (Phi) is 4.84. The molecular weight excluding hydrogens is 236 g/mol. The molecule has 1 aromatic rings. The van der Waals surface area contributed by atoms with E-state index >= 15 is 0 Å². The Morgan fingerprint density at radius 1 is 1.33 bits per heavy atom. The maximum absolute atomic E-state index is 11.7. The molecule has 6 heteroatoms. The van der Waals surface area contributed by atoms with E-state index in [2.05, 4.69) is 5.32 Å². The number of nitrogens with one attached hydrogen (secondary N) is 1. The topological polar surface area (TPSA) is 110 Å². The molecular formula is C12H12N2O4. The number of aliphatic carboxylic acids is 1. The summed E-state index contributed by atoms with van der Waals surface area (Å²) in [5.41, 5.74) is 0.676. The van der Waals surface area contributed by atoms with E-state index in [4.69, 9.17) is 15.5 Å². The summed E-state index contributed by atoms with van der Waals surface area (Å²) in [5, 5.41) is 28.4. The van der Waals surface area contributed by atoms with Gasteiger partial charge < -0.3 is 15.5 Å². The van der Waals surface area contributed by atoms with Crippen molar-refractivity contribution in [1.29, 1.82) is 5.26 Å². The number of carboxylic acid groups (broad SMARTS) is 1. The van der Waals surface area contributed by atoms with Gasteiger partial charge in [0.15, 0.2) is 0 Å². The van der Waals surface area contributed by atoms with E-state index in [9.17, 15) is 9.59 Å². The van der Waals surface area contributed by atoms with Crippen LogP contribution in [0.4, 0.5) is 0 Å². The van der Waals surface area contributed by atoms with Crippen molar-refractivity contribution in [2.45, 2.75) is 12.5 Å². The van der Waals surface area contributed by atoms with E-state index in [1.54, 1.807) is 0 Å². The Labute approximate surface area is 103 Å². The van der Waals surface area contributed by atoms with Crippen molar-refractivity contribution >= 4 is 11.9 Å². The first-order chi connectivity index (χ1) is 8.58. The number of hydrogen-bond donors (Lipinski definition) is 3. The van der Waals surface area contributed by atoms with Crippen LogP contribution in [0.25, 0.3) is 0 Å². The smallest absolute Gasteiger partial charge is 0.326 e. The van der Waals surface area contributed by atoms with Crippen LogP contribution in [0.3, 0.4) is 0 Å². The third kappa shape index (κ3) is 3.57. The molecule has 0 aliphatic heterocycles. The molecule has 0 bridgehead atoms. The Bertz CT molecular complexity index is 476. The molecule has 0 aliphatic rings. The standard InChI is InChI=1S/C12H12N2O4/c13-7-8-1-3-9(4-2-8)11(16)14-10(5-6-15)12(17)18/h1-4,10,15H,5-6H2,(H,14,16)(H,17,18)/t10-/m0/s1. The Morgan fingerprint density at radius 3 is 2.39 bits per heavy atom. The van der Waals surface area contributed by atoms with Gasteiger partial charge in [-0.2, -0.15) is 5.26 Å². The summed E-state index contributed by atoms with van der Waals surface area (Å²) >= 11 is 0. The Balaban J connectivity index is 2.74.